The number of aryl methyl sites for hydroxylation is 2. The van der Waals surface area contributed by atoms with Gasteiger partial charge in [0.2, 0.25) is 5.91 Å². The van der Waals surface area contributed by atoms with Crippen LogP contribution in [0.5, 0.6) is 5.75 Å². The van der Waals surface area contributed by atoms with Gasteiger partial charge in [-0.2, -0.15) is 0 Å². The molecule has 1 amide bonds. The molecule has 1 fully saturated rings. The van der Waals surface area contributed by atoms with Crippen molar-refractivity contribution in [3.05, 3.63) is 89.2 Å². The summed E-state index contributed by atoms with van der Waals surface area (Å²) in [6.45, 7) is 8.20. The van der Waals surface area contributed by atoms with E-state index >= 15 is 0 Å². The molecule has 3 aromatic carbocycles. The maximum absolute atomic E-state index is 13.0. The smallest absolute Gasteiger partial charge is 0.227 e. The summed E-state index contributed by atoms with van der Waals surface area (Å²) in [5.41, 5.74) is 6.68. The molecule has 174 valence electrons. The molecule has 1 atom stereocenters. The SMILES string of the molecule is CCc1ccc(N2CC(c3nc4ccccc4n3CCOc3cccc(C)c3C)CC2=O)cc1. The third kappa shape index (κ3) is 4.18. The lowest BCUT2D eigenvalue weighted by atomic mass is 10.1. The second-order valence-electron chi connectivity index (χ2n) is 9.08. The van der Waals surface area contributed by atoms with Crippen LogP contribution < -0.4 is 9.64 Å². The predicted octanol–water partition coefficient (Wildman–Crippen LogP) is 5.82. The quantitative estimate of drug-likeness (QED) is 0.354. The van der Waals surface area contributed by atoms with Crippen molar-refractivity contribution in [2.45, 2.75) is 46.1 Å². The van der Waals surface area contributed by atoms with Gasteiger partial charge in [-0.1, -0.05) is 43.3 Å². The van der Waals surface area contributed by atoms with Gasteiger partial charge in [-0.3, -0.25) is 4.79 Å². The highest BCUT2D eigenvalue weighted by Gasteiger charge is 2.34. The number of fused-ring (bicyclic) bond motifs is 1. The number of para-hydroxylation sites is 2. The Bertz CT molecular complexity index is 1320. The summed E-state index contributed by atoms with van der Waals surface area (Å²) < 4.78 is 8.40. The minimum Gasteiger partial charge on any atom is -0.491 e. The number of rotatable bonds is 7. The Morgan fingerprint density at radius 3 is 2.59 bits per heavy atom. The highest BCUT2D eigenvalue weighted by Crippen LogP contribution is 2.33. The number of nitrogens with zero attached hydrogens (tertiary/aromatic N) is 3. The normalized spacial score (nSPS) is 15.9. The van der Waals surface area contributed by atoms with Gasteiger partial charge in [-0.25, -0.2) is 4.98 Å². The zero-order valence-corrected chi connectivity index (χ0v) is 20.1. The van der Waals surface area contributed by atoms with Gasteiger partial charge in [-0.15, -0.1) is 0 Å². The lowest BCUT2D eigenvalue weighted by Crippen LogP contribution is -2.24. The number of imidazole rings is 1. The average molecular weight is 454 g/mol. The van der Waals surface area contributed by atoms with Crippen LogP contribution in [-0.2, 0) is 17.8 Å². The number of amides is 1. The molecule has 1 aliphatic rings. The summed E-state index contributed by atoms with van der Waals surface area (Å²) in [7, 11) is 0. The fraction of sp³-hybridized carbons (Fsp3) is 0.310. The van der Waals surface area contributed by atoms with Gasteiger partial charge in [0.15, 0.2) is 0 Å². The van der Waals surface area contributed by atoms with E-state index in [1.54, 1.807) is 0 Å². The molecule has 34 heavy (non-hydrogen) atoms. The molecule has 5 nitrogen and oxygen atoms in total. The third-order valence-corrected chi connectivity index (χ3v) is 6.96. The van der Waals surface area contributed by atoms with Gasteiger partial charge in [0.1, 0.15) is 18.2 Å². The molecule has 0 bridgehead atoms. The summed E-state index contributed by atoms with van der Waals surface area (Å²) in [5.74, 6) is 2.08. The van der Waals surface area contributed by atoms with Gasteiger partial charge in [0.25, 0.3) is 0 Å². The van der Waals surface area contributed by atoms with Crippen LogP contribution in [0.2, 0.25) is 0 Å². The molecule has 4 aromatic rings. The summed E-state index contributed by atoms with van der Waals surface area (Å²) in [6.07, 6.45) is 1.46. The molecular weight excluding hydrogens is 422 g/mol. The number of anilines is 1. The van der Waals surface area contributed by atoms with Gasteiger partial charge < -0.3 is 14.2 Å². The van der Waals surface area contributed by atoms with Crippen LogP contribution in [0, 0.1) is 13.8 Å². The van der Waals surface area contributed by atoms with Crippen molar-refractivity contribution >= 4 is 22.6 Å². The van der Waals surface area contributed by atoms with Crippen molar-refractivity contribution in [2.75, 3.05) is 18.1 Å². The maximum atomic E-state index is 13.0. The van der Waals surface area contributed by atoms with Gasteiger partial charge in [0, 0.05) is 24.6 Å². The maximum Gasteiger partial charge on any atom is 0.227 e. The topological polar surface area (TPSA) is 47.4 Å². The van der Waals surface area contributed by atoms with Crippen LogP contribution in [0.1, 0.15) is 41.8 Å². The standard InChI is InChI=1S/C29H31N3O2/c1-4-22-12-14-24(15-13-22)32-19-23(18-28(32)33)29-30-25-9-5-6-10-26(25)31(29)16-17-34-27-11-7-8-20(2)21(27)3/h5-15,23H,4,16-19H2,1-3H3. The third-order valence-electron chi connectivity index (χ3n) is 6.96. The summed E-state index contributed by atoms with van der Waals surface area (Å²) in [4.78, 5) is 19.8. The van der Waals surface area contributed by atoms with Crippen molar-refractivity contribution in [3.63, 3.8) is 0 Å². The first-order chi connectivity index (χ1) is 16.5. The highest BCUT2D eigenvalue weighted by molar-refractivity contribution is 5.96. The second-order valence-corrected chi connectivity index (χ2v) is 9.08. The number of hydrogen-bond donors (Lipinski definition) is 0. The Hall–Kier alpha value is -3.60. The monoisotopic (exact) mass is 453 g/mol. The minimum absolute atomic E-state index is 0.0476. The van der Waals surface area contributed by atoms with Crippen molar-refractivity contribution < 1.29 is 9.53 Å². The molecule has 5 heteroatoms. The largest absolute Gasteiger partial charge is 0.491 e. The number of hydrogen-bond acceptors (Lipinski definition) is 3. The van der Waals surface area contributed by atoms with Crippen LogP contribution in [0.4, 0.5) is 5.69 Å². The molecule has 5 rings (SSSR count). The van der Waals surface area contributed by atoms with Crippen LogP contribution >= 0.6 is 0 Å². The molecule has 1 saturated heterocycles. The minimum atomic E-state index is 0.0476. The number of aromatic nitrogens is 2. The summed E-state index contributed by atoms with van der Waals surface area (Å²) in [6, 6.07) is 22.7. The Morgan fingerprint density at radius 1 is 1.00 bits per heavy atom. The first-order valence-corrected chi connectivity index (χ1v) is 12.1. The number of ether oxygens (including phenoxy) is 1. The fourth-order valence-corrected chi connectivity index (χ4v) is 4.81. The van der Waals surface area contributed by atoms with Gasteiger partial charge in [0.05, 0.1) is 17.6 Å². The van der Waals surface area contributed by atoms with Crippen molar-refractivity contribution in [1.82, 2.24) is 9.55 Å². The lowest BCUT2D eigenvalue weighted by molar-refractivity contribution is -0.117. The average Bonchev–Trinajstić information content (AvgIpc) is 3.42. The van der Waals surface area contributed by atoms with E-state index in [9.17, 15) is 4.79 Å². The Kier molecular flexibility index (Phi) is 6.10. The van der Waals surface area contributed by atoms with E-state index in [1.807, 2.05) is 35.2 Å². The summed E-state index contributed by atoms with van der Waals surface area (Å²) in [5, 5.41) is 0. The van der Waals surface area contributed by atoms with E-state index in [1.165, 1.54) is 16.7 Å². The summed E-state index contributed by atoms with van der Waals surface area (Å²) >= 11 is 0. The van der Waals surface area contributed by atoms with Crippen molar-refractivity contribution in [2.24, 2.45) is 0 Å². The lowest BCUT2D eigenvalue weighted by Gasteiger charge is -2.18. The van der Waals surface area contributed by atoms with E-state index in [4.69, 9.17) is 9.72 Å². The van der Waals surface area contributed by atoms with Gasteiger partial charge in [-0.05, 0) is 67.3 Å². The number of carbonyl (C=O) groups excluding carboxylic acids is 1. The molecule has 1 aromatic heterocycles. The molecule has 0 aliphatic carbocycles. The van der Waals surface area contributed by atoms with Crippen LogP contribution in [0.25, 0.3) is 11.0 Å². The van der Waals surface area contributed by atoms with E-state index in [-0.39, 0.29) is 11.8 Å². The van der Waals surface area contributed by atoms with E-state index in [2.05, 4.69) is 61.7 Å². The molecule has 0 N–H and O–H groups in total. The van der Waals surface area contributed by atoms with E-state index in [0.717, 1.165) is 34.7 Å². The molecule has 0 spiro atoms. The van der Waals surface area contributed by atoms with Crippen molar-refractivity contribution in [3.8, 4) is 5.75 Å². The highest BCUT2D eigenvalue weighted by atomic mass is 16.5. The van der Waals surface area contributed by atoms with E-state index < -0.39 is 0 Å². The van der Waals surface area contributed by atoms with Crippen LogP contribution in [0.15, 0.2) is 66.7 Å². The Balaban J connectivity index is 1.39. The first-order valence-electron chi connectivity index (χ1n) is 12.1. The van der Waals surface area contributed by atoms with Gasteiger partial charge >= 0.3 is 0 Å². The molecular formula is C29H31N3O2. The molecule has 1 aliphatic heterocycles. The van der Waals surface area contributed by atoms with E-state index in [0.29, 0.717) is 26.1 Å². The molecule has 2 heterocycles. The number of carbonyl (C=O) groups is 1. The molecule has 0 saturated carbocycles. The first kappa shape index (κ1) is 22.2. The Morgan fingerprint density at radius 2 is 1.79 bits per heavy atom. The fourth-order valence-electron chi connectivity index (χ4n) is 4.81. The van der Waals surface area contributed by atoms with Crippen LogP contribution in [0.3, 0.4) is 0 Å². The Labute approximate surface area is 201 Å². The molecule has 0 radical (unpaired) electrons. The number of benzene rings is 3. The zero-order valence-electron chi connectivity index (χ0n) is 20.1. The predicted molar refractivity (Wildman–Crippen MR) is 137 cm³/mol. The second kappa shape index (κ2) is 9.34. The zero-order chi connectivity index (χ0) is 23.7. The van der Waals surface area contributed by atoms with Crippen LogP contribution in [-0.4, -0.2) is 28.6 Å². The molecule has 1 unspecified atom stereocenters. The van der Waals surface area contributed by atoms with Crippen molar-refractivity contribution in [1.29, 1.82) is 0 Å².